The summed E-state index contributed by atoms with van der Waals surface area (Å²) in [6.07, 6.45) is 2.50. The van der Waals surface area contributed by atoms with Gasteiger partial charge in [-0.25, -0.2) is 9.59 Å². The summed E-state index contributed by atoms with van der Waals surface area (Å²) in [6, 6.07) is -0.951. The van der Waals surface area contributed by atoms with Crippen LogP contribution in [0.5, 0.6) is 0 Å². The average Bonchev–Trinajstić information content (AvgIpc) is 2.30. The van der Waals surface area contributed by atoms with Crippen LogP contribution in [-0.2, 0) is 24.2 Å². The first kappa shape index (κ1) is 21.4. The van der Waals surface area contributed by atoms with Gasteiger partial charge in [0.15, 0.2) is 0 Å². The third kappa shape index (κ3) is 11.6. The lowest BCUT2D eigenvalue weighted by molar-refractivity contribution is -0.145. The van der Waals surface area contributed by atoms with E-state index in [-0.39, 0.29) is 25.2 Å². The lowest BCUT2D eigenvalue weighted by atomic mass is 10.1. The van der Waals surface area contributed by atoms with Crippen molar-refractivity contribution in [3.05, 3.63) is 11.2 Å². The minimum atomic E-state index is -2.51. The number of allylic oxidation sites excluding steroid dienone is 1. The van der Waals surface area contributed by atoms with Gasteiger partial charge >= 0.3 is 12.1 Å². The molecule has 0 bridgehead atoms. The van der Waals surface area contributed by atoms with E-state index in [1.807, 2.05) is 0 Å². The molecule has 0 aliphatic carbocycles. The predicted molar refractivity (Wildman–Crippen MR) is 91.1 cm³/mol. The highest BCUT2D eigenvalue weighted by Gasteiger charge is 2.25. The van der Waals surface area contributed by atoms with Crippen molar-refractivity contribution in [2.75, 3.05) is 19.1 Å². The molecule has 23 heavy (non-hydrogen) atoms. The van der Waals surface area contributed by atoms with E-state index in [0.29, 0.717) is 0 Å². The van der Waals surface area contributed by atoms with Crippen molar-refractivity contribution in [1.29, 1.82) is 0 Å². The molecular weight excluding hydrogens is 322 g/mol. The van der Waals surface area contributed by atoms with Gasteiger partial charge in [0.2, 0.25) is 0 Å². The number of carbonyl (C=O) groups is 2. The predicted octanol–water partition coefficient (Wildman–Crippen LogP) is 1.90. The van der Waals surface area contributed by atoms with Crippen LogP contribution in [0.2, 0.25) is 0 Å². The Hall–Kier alpha value is -1.57. The van der Waals surface area contributed by atoms with Gasteiger partial charge in [-0.2, -0.15) is 0 Å². The molecule has 0 rings (SSSR count). The minimum Gasteiger partial charge on any atom is -0.512 e. The third-order valence-corrected chi connectivity index (χ3v) is 3.33. The van der Waals surface area contributed by atoms with Crippen LogP contribution in [0, 0.1) is 0 Å². The summed E-state index contributed by atoms with van der Waals surface area (Å²) in [5, 5.41) is 13.5. The second-order valence-electron chi connectivity index (χ2n) is 6.54. The molecule has 0 radical (unpaired) electrons. The van der Waals surface area contributed by atoms with E-state index >= 15 is 0 Å². The van der Waals surface area contributed by atoms with E-state index in [2.05, 4.69) is 5.32 Å². The Labute approximate surface area is 138 Å². The summed E-state index contributed by atoms with van der Waals surface area (Å²) in [7, 11) is -2.51. The van der Waals surface area contributed by atoms with E-state index in [4.69, 9.17) is 9.47 Å². The monoisotopic (exact) mass is 351 g/mol. The lowest BCUT2D eigenvalue weighted by Crippen LogP contribution is -2.44. The van der Waals surface area contributed by atoms with Gasteiger partial charge in [0.1, 0.15) is 11.6 Å². The van der Waals surface area contributed by atoms with Gasteiger partial charge < -0.3 is 19.9 Å². The first-order valence-electron chi connectivity index (χ1n) is 7.45. The van der Waals surface area contributed by atoms with Crippen LogP contribution < -0.4 is 5.32 Å². The minimum absolute atomic E-state index is 0.0846. The summed E-state index contributed by atoms with van der Waals surface area (Å²) < 4.78 is 21.6. The fraction of sp³-hybridized carbons (Fsp3) is 0.733. The van der Waals surface area contributed by atoms with Crippen LogP contribution in [0.1, 0.15) is 40.5 Å². The highest BCUT2D eigenvalue weighted by atomic mass is 32.2. The number of hydrogen-bond donors (Lipinski definition) is 3. The number of amides is 1. The summed E-state index contributed by atoms with van der Waals surface area (Å²) in [5.74, 6) is -0.694. The van der Waals surface area contributed by atoms with Crippen molar-refractivity contribution in [1.82, 2.24) is 5.32 Å². The molecule has 0 aliphatic rings. The Morgan fingerprint density at radius 1 is 1.30 bits per heavy atom. The number of rotatable bonds is 7. The maximum atomic E-state index is 11.9. The first-order valence-corrected chi connectivity index (χ1v) is 10.1. The van der Waals surface area contributed by atoms with Crippen molar-refractivity contribution in [2.45, 2.75) is 52.2 Å². The number of alkyl carbamates (subject to hydrolysis) is 1. The van der Waals surface area contributed by atoms with Crippen molar-refractivity contribution in [2.24, 2.45) is 0 Å². The lowest BCUT2D eigenvalue weighted by Gasteiger charge is -2.22. The summed E-state index contributed by atoms with van der Waals surface area (Å²) in [6.45, 7) is 6.96. The molecule has 0 aromatic rings. The summed E-state index contributed by atoms with van der Waals surface area (Å²) in [5.41, 5.74) is -0.692. The molecule has 0 aliphatic heterocycles. The fourth-order valence-electron chi connectivity index (χ4n) is 1.66. The highest BCUT2D eigenvalue weighted by molar-refractivity contribution is 8.04. The first-order chi connectivity index (χ1) is 10.3. The van der Waals surface area contributed by atoms with Gasteiger partial charge in [0, 0.05) is 11.8 Å². The number of esters is 1. The van der Waals surface area contributed by atoms with Crippen LogP contribution in [-0.4, -0.2) is 52.1 Å². The second-order valence-corrected chi connectivity index (χ2v) is 9.67. The Balaban J connectivity index is 4.83. The van der Waals surface area contributed by atoms with Gasteiger partial charge in [-0.15, -0.1) is 0 Å². The van der Waals surface area contributed by atoms with E-state index in [1.54, 1.807) is 27.7 Å². The third-order valence-electron chi connectivity index (χ3n) is 2.41. The van der Waals surface area contributed by atoms with Crippen LogP contribution in [0.25, 0.3) is 0 Å². The Morgan fingerprint density at radius 2 is 1.87 bits per heavy atom. The zero-order valence-electron chi connectivity index (χ0n) is 14.7. The van der Waals surface area contributed by atoms with Gasteiger partial charge in [-0.05, 0) is 46.6 Å². The number of aliphatic hydroxyl groups excluding tert-OH is 1. The van der Waals surface area contributed by atoms with Gasteiger partial charge in [-0.3, -0.25) is 4.21 Å². The number of ether oxygens (including phenoxy) is 2. The Bertz CT molecular complexity index is 489. The molecule has 0 unspecified atom stereocenters. The molecule has 0 saturated heterocycles. The number of carbonyl (C=O) groups excluding carboxylic acids is 2. The van der Waals surface area contributed by atoms with Crippen molar-refractivity contribution >= 4 is 22.0 Å². The average molecular weight is 351 g/mol. The molecule has 0 heterocycles. The molecule has 2 N–H and O–H groups in total. The SMILES string of the molecule is CCOC(=O)[C@H](CC/C(O)=C/[SH](C)(C)=O)NC(=O)OC(C)(C)C. The molecule has 1 atom stereocenters. The molecule has 0 spiro atoms. The van der Waals surface area contributed by atoms with Crippen LogP contribution in [0.3, 0.4) is 0 Å². The second kappa shape index (κ2) is 8.90. The molecule has 0 saturated carbocycles. The quantitative estimate of drug-likeness (QED) is 0.368. The van der Waals surface area contributed by atoms with Gasteiger partial charge in [0.25, 0.3) is 0 Å². The van der Waals surface area contributed by atoms with Crippen LogP contribution in [0.4, 0.5) is 4.79 Å². The van der Waals surface area contributed by atoms with Crippen molar-refractivity contribution < 1.29 is 28.4 Å². The number of nitrogens with one attached hydrogen (secondary N) is 1. The number of thiol groups is 1. The molecule has 0 fully saturated rings. The zero-order valence-corrected chi connectivity index (χ0v) is 15.6. The van der Waals surface area contributed by atoms with Gasteiger partial charge in [-0.1, -0.05) is 9.93 Å². The van der Waals surface area contributed by atoms with E-state index in [1.165, 1.54) is 17.9 Å². The zero-order chi connectivity index (χ0) is 18.3. The number of aliphatic hydroxyl groups is 1. The van der Waals surface area contributed by atoms with Crippen LogP contribution in [0.15, 0.2) is 11.2 Å². The van der Waals surface area contributed by atoms with E-state index in [9.17, 15) is 18.9 Å². The molecule has 136 valence electrons. The highest BCUT2D eigenvalue weighted by Crippen LogP contribution is 2.12. The van der Waals surface area contributed by atoms with Crippen molar-refractivity contribution in [3.8, 4) is 0 Å². The maximum absolute atomic E-state index is 11.9. The molecular formula is C15H29NO6S. The number of hydrogen-bond acceptors (Lipinski definition) is 6. The Morgan fingerprint density at radius 3 is 2.30 bits per heavy atom. The molecule has 8 heteroatoms. The maximum Gasteiger partial charge on any atom is 0.408 e. The van der Waals surface area contributed by atoms with Gasteiger partial charge in [0.05, 0.1) is 12.4 Å². The normalized spacial score (nSPS) is 14.8. The molecule has 7 nitrogen and oxygen atoms in total. The van der Waals surface area contributed by atoms with Crippen LogP contribution >= 0.6 is 0 Å². The molecule has 1 amide bonds. The smallest absolute Gasteiger partial charge is 0.408 e. The van der Waals surface area contributed by atoms with E-state index in [0.717, 1.165) is 0 Å². The summed E-state index contributed by atoms with van der Waals surface area (Å²) >= 11 is 0. The largest absolute Gasteiger partial charge is 0.512 e. The fourth-order valence-corrected chi connectivity index (χ4v) is 2.50. The Kier molecular flexibility index (Phi) is 8.30. The topological polar surface area (TPSA) is 102 Å². The molecule has 0 aromatic carbocycles. The molecule has 0 aromatic heterocycles. The van der Waals surface area contributed by atoms with E-state index < -0.39 is 33.6 Å². The standard InChI is InChI=1S/C15H29NO6S/c1-7-21-13(18)12(16-14(19)22-15(2,3)4)9-8-11(17)10-23(5,6)20/h10,12,17,23H,7-9H2,1-6H3,(H,16,19)/b11-10-/t12-/m0/s1. The van der Waals surface area contributed by atoms with Crippen molar-refractivity contribution in [3.63, 3.8) is 0 Å². The summed E-state index contributed by atoms with van der Waals surface area (Å²) in [4.78, 5) is 23.7.